The molecule has 1 aromatic rings. The summed E-state index contributed by atoms with van der Waals surface area (Å²) in [5, 5.41) is 0.788. The van der Waals surface area contributed by atoms with Crippen molar-refractivity contribution in [1.29, 1.82) is 0 Å². The number of hydrogen-bond donors (Lipinski definition) is 1. The quantitative estimate of drug-likeness (QED) is 0.870. The van der Waals surface area contributed by atoms with Crippen molar-refractivity contribution in [3.05, 3.63) is 28.8 Å². The maximum absolute atomic E-state index is 6.04. The van der Waals surface area contributed by atoms with Gasteiger partial charge in [-0.05, 0) is 55.4 Å². The van der Waals surface area contributed by atoms with Crippen molar-refractivity contribution in [2.45, 2.75) is 38.3 Å². The Labute approximate surface area is 108 Å². The van der Waals surface area contributed by atoms with E-state index >= 15 is 0 Å². The summed E-state index contributed by atoms with van der Waals surface area (Å²) < 4.78 is 0. The topological polar surface area (TPSA) is 29.3 Å². The molecule has 0 radical (unpaired) electrons. The Bertz CT molecular complexity index is 411. The average Bonchev–Trinajstić information content (AvgIpc) is 3.18. The summed E-state index contributed by atoms with van der Waals surface area (Å²) in [6.45, 7) is 1.78. The molecule has 2 N–H and O–H groups in total. The highest BCUT2D eigenvalue weighted by atomic mass is 35.5. The number of benzene rings is 1. The zero-order valence-electron chi connectivity index (χ0n) is 10.0. The molecular formula is C14H19ClN2. The SMILES string of the molecule is NCc1cc(Cl)ccc1N(CC1CC1)C1CC1. The number of halogens is 1. The average molecular weight is 251 g/mol. The molecule has 3 heteroatoms. The van der Waals surface area contributed by atoms with Crippen molar-refractivity contribution in [2.24, 2.45) is 11.7 Å². The van der Waals surface area contributed by atoms with Gasteiger partial charge in [0.2, 0.25) is 0 Å². The first-order valence-corrected chi connectivity index (χ1v) is 6.91. The monoisotopic (exact) mass is 250 g/mol. The summed E-state index contributed by atoms with van der Waals surface area (Å²) in [6, 6.07) is 6.89. The van der Waals surface area contributed by atoms with Gasteiger partial charge in [-0.3, -0.25) is 0 Å². The lowest BCUT2D eigenvalue weighted by Crippen LogP contribution is -2.29. The molecule has 1 aromatic carbocycles. The second kappa shape index (κ2) is 4.51. The van der Waals surface area contributed by atoms with Gasteiger partial charge in [0.05, 0.1) is 0 Å². The van der Waals surface area contributed by atoms with E-state index in [1.165, 1.54) is 43.5 Å². The zero-order chi connectivity index (χ0) is 11.8. The molecule has 2 fully saturated rings. The van der Waals surface area contributed by atoms with Crippen molar-refractivity contribution < 1.29 is 0 Å². The minimum Gasteiger partial charge on any atom is -0.368 e. The second-order valence-electron chi connectivity index (χ2n) is 5.30. The molecule has 0 amide bonds. The molecule has 2 nitrogen and oxygen atoms in total. The van der Waals surface area contributed by atoms with Crippen LogP contribution in [0.4, 0.5) is 5.69 Å². The molecule has 0 heterocycles. The molecule has 0 unspecified atom stereocenters. The highest BCUT2D eigenvalue weighted by Gasteiger charge is 2.34. The minimum absolute atomic E-state index is 0.573. The van der Waals surface area contributed by atoms with Crippen molar-refractivity contribution >= 4 is 17.3 Å². The Morgan fingerprint density at radius 2 is 2.00 bits per heavy atom. The summed E-state index contributed by atoms with van der Waals surface area (Å²) in [7, 11) is 0. The third kappa shape index (κ3) is 2.58. The summed E-state index contributed by atoms with van der Waals surface area (Å²) in [5.74, 6) is 0.914. The smallest absolute Gasteiger partial charge is 0.0415 e. The maximum atomic E-state index is 6.04. The van der Waals surface area contributed by atoms with E-state index in [1.807, 2.05) is 12.1 Å². The number of hydrogen-bond acceptors (Lipinski definition) is 2. The summed E-state index contributed by atoms with van der Waals surface area (Å²) >= 11 is 6.04. The predicted octanol–water partition coefficient (Wildman–Crippen LogP) is 3.18. The van der Waals surface area contributed by atoms with E-state index in [1.54, 1.807) is 0 Å². The molecule has 17 heavy (non-hydrogen) atoms. The fourth-order valence-electron chi connectivity index (χ4n) is 2.41. The van der Waals surface area contributed by atoms with Gasteiger partial charge in [0.1, 0.15) is 0 Å². The number of nitrogens with zero attached hydrogens (tertiary/aromatic N) is 1. The van der Waals surface area contributed by atoms with Gasteiger partial charge in [-0.25, -0.2) is 0 Å². The number of anilines is 1. The standard InChI is InChI=1S/C14H19ClN2/c15-12-3-6-14(11(7-12)8-16)17(13-4-5-13)9-10-1-2-10/h3,6-7,10,13H,1-2,4-5,8-9,16H2. The molecule has 0 atom stereocenters. The molecule has 2 aliphatic carbocycles. The van der Waals surface area contributed by atoms with Crippen LogP contribution in [0.1, 0.15) is 31.2 Å². The Kier molecular flexibility index (Phi) is 3.01. The van der Waals surface area contributed by atoms with Gasteiger partial charge in [-0.1, -0.05) is 11.6 Å². The molecule has 2 aliphatic rings. The van der Waals surface area contributed by atoms with Gasteiger partial charge in [0, 0.05) is 29.8 Å². The fourth-order valence-corrected chi connectivity index (χ4v) is 2.60. The molecule has 0 aromatic heterocycles. The van der Waals surface area contributed by atoms with Gasteiger partial charge in [-0.15, -0.1) is 0 Å². The van der Waals surface area contributed by atoms with Crippen molar-refractivity contribution in [3.8, 4) is 0 Å². The van der Waals surface area contributed by atoms with Gasteiger partial charge < -0.3 is 10.6 Å². The van der Waals surface area contributed by atoms with Crippen LogP contribution in [0.15, 0.2) is 18.2 Å². The molecule has 3 rings (SSSR count). The Balaban J connectivity index is 1.87. The van der Waals surface area contributed by atoms with Crippen LogP contribution in [0.25, 0.3) is 0 Å². The van der Waals surface area contributed by atoms with Crippen LogP contribution >= 0.6 is 11.6 Å². The van der Waals surface area contributed by atoms with Crippen LogP contribution in [0, 0.1) is 5.92 Å². The molecule has 0 aliphatic heterocycles. The van der Waals surface area contributed by atoms with Crippen LogP contribution in [0.3, 0.4) is 0 Å². The molecule has 0 spiro atoms. The van der Waals surface area contributed by atoms with Crippen LogP contribution in [-0.2, 0) is 6.54 Å². The van der Waals surface area contributed by atoms with Crippen LogP contribution in [0.2, 0.25) is 5.02 Å². The summed E-state index contributed by atoms with van der Waals surface area (Å²) in [5.41, 5.74) is 8.34. The van der Waals surface area contributed by atoms with Crippen LogP contribution in [-0.4, -0.2) is 12.6 Å². The first kappa shape index (κ1) is 11.4. The van der Waals surface area contributed by atoms with E-state index < -0.39 is 0 Å². The molecule has 92 valence electrons. The summed E-state index contributed by atoms with van der Waals surface area (Å²) in [6.07, 6.45) is 5.46. The predicted molar refractivity (Wildman–Crippen MR) is 72.4 cm³/mol. The Morgan fingerprint density at radius 3 is 2.59 bits per heavy atom. The van der Waals surface area contributed by atoms with Crippen molar-refractivity contribution in [2.75, 3.05) is 11.4 Å². The normalized spacial score (nSPS) is 19.4. The van der Waals surface area contributed by atoms with Crippen molar-refractivity contribution in [3.63, 3.8) is 0 Å². The lowest BCUT2D eigenvalue weighted by molar-refractivity contribution is 0.714. The van der Waals surface area contributed by atoms with Crippen LogP contribution < -0.4 is 10.6 Å². The first-order chi connectivity index (χ1) is 8.28. The van der Waals surface area contributed by atoms with Crippen LogP contribution in [0.5, 0.6) is 0 Å². The van der Waals surface area contributed by atoms with Gasteiger partial charge in [-0.2, -0.15) is 0 Å². The zero-order valence-corrected chi connectivity index (χ0v) is 10.8. The largest absolute Gasteiger partial charge is 0.368 e. The van der Waals surface area contributed by atoms with E-state index in [-0.39, 0.29) is 0 Å². The van der Waals surface area contributed by atoms with E-state index in [2.05, 4.69) is 11.0 Å². The minimum atomic E-state index is 0.573. The number of rotatable bonds is 5. The molecule has 0 bridgehead atoms. The van der Waals surface area contributed by atoms with E-state index in [9.17, 15) is 0 Å². The number of nitrogens with two attached hydrogens (primary N) is 1. The Morgan fingerprint density at radius 1 is 1.24 bits per heavy atom. The third-order valence-corrected chi connectivity index (χ3v) is 3.95. The van der Waals surface area contributed by atoms with Crippen molar-refractivity contribution in [1.82, 2.24) is 0 Å². The van der Waals surface area contributed by atoms with E-state index in [4.69, 9.17) is 17.3 Å². The molecular weight excluding hydrogens is 232 g/mol. The molecule has 0 saturated heterocycles. The first-order valence-electron chi connectivity index (χ1n) is 6.53. The van der Waals surface area contributed by atoms with E-state index in [0.29, 0.717) is 6.54 Å². The second-order valence-corrected chi connectivity index (χ2v) is 5.74. The summed E-state index contributed by atoms with van der Waals surface area (Å²) in [4.78, 5) is 2.57. The fraction of sp³-hybridized carbons (Fsp3) is 0.571. The Hall–Kier alpha value is -0.730. The van der Waals surface area contributed by atoms with Gasteiger partial charge in [0.15, 0.2) is 0 Å². The highest BCUT2D eigenvalue weighted by Crippen LogP contribution is 2.39. The highest BCUT2D eigenvalue weighted by molar-refractivity contribution is 6.30. The lowest BCUT2D eigenvalue weighted by Gasteiger charge is -2.27. The maximum Gasteiger partial charge on any atom is 0.0415 e. The third-order valence-electron chi connectivity index (χ3n) is 3.71. The molecule has 2 saturated carbocycles. The lowest BCUT2D eigenvalue weighted by atomic mass is 10.1. The van der Waals surface area contributed by atoms with E-state index in [0.717, 1.165) is 17.0 Å². The van der Waals surface area contributed by atoms with Gasteiger partial charge in [0.25, 0.3) is 0 Å². The van der Waals surface area contributed by atoms with Gasteiger partial charge >= 0.3 is 0 Å².